The molecule has 1 aromatic carbocycles. The second kappa shape index (κ2) is 4.79. The molecule has 0 fully saturated rings. The van der Waals surface area contributed by atoms with E-state index in [0.29, 0.717) is 36.0 Å². The second-order valence-corrected chi connectivity index (χ2v) is 5.01. The normalized spacial score (nSPS) is 14.2. The van der Waals surface area contributed by atoms with Gasteiger partial charge in [0.1, 0.15) is 5.82 Å². The zero-order valence-corrected chi connectivity index (χ0v) is 11.3. The fourth-order valence-corrected chi connectivity index (χ4v) is 2.30. The van der Waals surface area contributed by atoms with Crippen LogP contribution in [-0.2, 0) is 17.8 Å². The largest absolute Gasteiger partial charge is 0.376 e. The van der Waals surface area contributed by atoms with E-state index < -0.39 is 0 Å². The number of aromatic amines is 1. The van der Waals surface area contributed by atoms with Gasteiger partial charge in [-0.05, 0) is 18.6 Å². The number of aromatic nitrogens is 2. The first-order chi connectivity index (χ1) is 9.15. The summed E-state index contributed by atoms with van der Waals surface area (Å²) in [7, 11) is 0. The molecule has 0 spiro atoms. The summed E-state index contributed by atoms with van der Waals surface area (Å²) in [6, 6.07) is 5.65. The molecule has 0 amide bonds. The molecule has 0 aliphatic carbocycles. The summed E-state index contributed by atoms with van der Waals surface area (Å²) < 4.78 is 5.28. The van der Waals surface area contributed by atoms with Crippen LogP contribution in [-0.4, -0.2) is 16.6 Å². The summed E-state index contributed by atoms with van der Waals surface area (Å²) in [5, 5.41) is 0.668. The third-order valence-corrected chi connectivity index (χ3v) is 3.68. The number of hydrogen-bond donors (Lipinski definition) is 1. The standard InChI is InChI=1S/C14H13ClN2O2/c1-8-2-3-9(6-11(8)15)13-16-12-4-5-19-7-10(12)14(18)17-13/h2-3,6H,4-5,7H2,1H3,(H,16,17,18). The van der Waals surface area contributed by atoms with Gasteiger partial charge in [0.2, 0.25) is 0 Å². The molecule has 1 aliphatic heterocycles. The maximum Gasteiger partial charge on any atom is 0.256 e. The molecule has 4 nitrogen and oxygen atoms in total. The van der Waals surface area contributed by atoms with E-state index in [1.54, 1.807) is 0 Å². The lowest BCUT2D eigenvalue weighted by Gasteiger charge is -2.15. The average Bonchev–Trinajstić information content (AvgIpc) is 2.42. The summed E-state index contributed by atoms with van der Waals surface area (Å²) in [4.78, 5) is 19.3. The molecule has 2 heterocycles. The predicted octanol–water partition coefficient (Wildman–Crippen LogP) is 2.47. The second-order valence-electron chi connectivity index (χ2n) is 4.61. The first-order valence-electron chi connectivity index (χ1n) is 6.11. The van der Waals surface area contributed by atoms with Crippen molar-refractivity contribution >= 4 is 11.6 Å². The Morgan fingerprint density at radius 1 is 1.42 bits per heavy atom. The van der Waals surface area contributed by atoms with Crippen LogP contribution in [0.4, 0.5) is 0 Å². The van der Waals surface area contributed by atoms with E-state index in [-0.39, 0.29) is 5.56 Å². The smallest absolute Gasteiger partial charge is 0.256 e. The van der Waals surface area contributed by atoms with Crippen LogP contribution in [0.1, 0.15) is 16.8 Å². The number of H-pyrrole nitrogens is 1. The Morgan fingerprint density at radius 2 is 2.26 bits per heavy atom. The molecule has 0 radical (unpaired) electrons. The third-order valence-electron chi connectivity index (χ3n) is 3.28. The molecule has 98 valence electrons. The molecule has 1 N–H and O–H groups in total. The molecule has 5 heteroatoms. The highest BCUT2D eigenvalue weighted by molar-refractivity contribution is 6.31. The van der Waals surface area contributed by atoms with Gasteiger partial charge in [0, 0.05) is 17.0 Å². The van der Waals surface area contributed by atoms with E-state index in [1.807, 2.05) is 25.1 Å². The van der Waals surface area contributed by atoms with Crippen LogP contribution in [0.25, 0.3) is 11.4 Å². The summed E-state index contributed by atoms with van der Waals surface area (Å²) >= 11 is 6.11. The van der Waals surface area contributed by atoms with Gasteiger partial charge in [-0.1, -0.05) is 23.7 Å². The number of aryl methyl sites for hydroxylation is 1. The quantitative estimate of drug-likeness (QED) is 0.870. The van der Waals surface area contributed by atoms with Gasteiger partial charge in [-0.15, -0.1) is 0 Å². The van der Waals surface area contributed by atoms with Gasteiger partial charge in [0.05, 0.1) is 24.5 Å². The maximum absolute atomic E-state index is 12.0. The number of nitrogens with one attached hydrogen (secondary N) is 1. The number of rotatable bonds is 1. The van der Waals surface area contributed by atoms with Gasteiger partial charge in [0.15, 0.2) is 0 Å². The first kappa shape index (κ1) is 12.4. The van der Waals surface area contributed by atoms with Crippen LogP contribution < -0.4 is 5.56 Å². The Labute approximate surface area is 115 Å². The Bertz CT molecular complexity index is 694. The van der Waals surface area contributed by atoms with Crippen LogP contribution in [0.2, 0.25) is 5.02 Å². The Hall–Kier alpha value is -1.65. The van der Waals surface area contributed by atoms with Crippen LogP contribution in [0.3, 0.4) is 0 Å². The van der Waals surface area contributed by atoms with Crippen LogP contribution in [0, 0.1) is 6.92 Å². The van der Waals surface area contributed by atoms with Crippen molar-refractivity contribution in [1.29, 1.82) is 0 Å². The summed E-state index contributed by atoms with van der Waals surface area (Å²) in [5.41, 5.74) is 3.15. The van der Waals surface area contributed by atoms with E-state index >= 15 is 0 Å². The fourth-order valence-electron chi connectivity index (χ4n) is 2.12. The Kier molecular flexibility index (Phi) is 3.12. The van der Waals surface area contributed by atoms with Crippen molar-refractivity contribution in [3.05, 3.63) is 50.4 Å². The number of benzene rings is 1. The van der Waals surface area contributed by atoms with Crippen molar-refractivity contribution in [3.63, 3.8) is 0 Å². The van der Waals surface area contributed by atoms with Gasteiger partial charge in [-0.2, -0.15) is 0 Å². The number of ether oxygens (including phenoxy) is 1. The molecule has 3 rings (SSSR count). The Balaban J connectivity index is 2.12. The zero-order valence-electron chi connectivity index (χ0n) is 10.5. The number of fused-ring (bicyclic) bond motifs is 1. The molecule has 19 heavy (non-hydrogen) atoms. The van der Waals surface area contributed by atoms with Crippen molar-refractivity contribution in [2.24, 2.45) is 0 Å². The monoisotopic (exact) mass is 276 g/mol. The minimum atomic E-state index is -0.128. The van der Waals surface area contributed by atoms with Gasteiger partial charge in [0.25, 0.3) is 5.56 Å². The van der Waals surface area contributed by atoms with E-state index in [2.05, 4.69) is 9.97 Å². The molecular formula is C14H13ClN2O2. The van der Waals surface area contributed by atoms with Crippen LogP contribution >= 0.6 is 11.6 Å². The number of hydrogen-bond acceptors (Lipinski definition) is 3. The van der Waals surface area contributed by atoms with E-state index in [4.69, 9.17) is 16.3 Å². The number of nitrogens with zero attached hydrogens (tertiary/aromatic N) is 1. The van der Waals surface area contributed by atoms with Crippen molar-refractivity contribution in [2.45, 2.75) is 20.0 Å². The maximum atomic E-state index is 12.0. The highest BCUT2D eigenvalue weighted by Gasteiger charge is 2.16. The van der Waals surface area contributed by atoms with E-state index in [1.165, 1.54) is 0 Å². The van der Waals surface area contributed by atoms with Crippen LogP contribution in [0.15, 0.2) is 23.0 Å². The minimum Gasteiger partial charge on any atom is -0.376 e. The van der Waals surface area contributed by atoms with Gasteiger partial charge >= 0.3 is 0 Å². The molecule has 0 saturated carbocycles. The molecule has 0 saturated heterocycles. The molecular weight excluding hydrogens is 264 g/mol. The van der Waals surface area contributed by atoms with Crippen LogP contribution in [0.5, 0.6) is 0 Å². The van der Waals surface area contributed by atoms with Crippen molar-refractivity contribution in [1.82, 2.24) is 9.97 Å². The fraction of sp³-hybridized carbons (Fsp3) is 0.286. The topological polar surface area (TPSA) is 55.0 Å². The van der Waals surface area contributed by atoms with E-state index in [0.717, 1.165) is 16.8 Å². The summed E-state index contributed by atoms with van der Waals surface area (Å²) in [5.74, 6) is 0.563. The highest BCUT2D eigenvalue weighted by Crippen LogP contribution is 2.23. The first-order valence-corrected chi connectivity index (χ1v) is 6.49. The Morgan fingerprint density at radius 3 is 3.05 bits per heavy atom. The summed E-state index contributed by atoms with van der Waals surface area (Å²) in [6.07, 6.45) is 0.672. The lowest BCUT2D eigenvalue weighted by Crippen LogP contribution is -2.24. The zero-order chi connectivity index (χ0) is 13.4. The van der Waals surface area contributed by atoms with Gasteiger partial charge in [-0.3, -0.25) is 4.79 Å². The van der Waals surface area contributed by atoms with E-state index in [9.17, 15) is 4.79 Å². The molecule has 0 atom stereocenters. The van der Waals surface area contributed by atoms with Crippen molar-refractivity contribution in [2.75, 3.05) is 6.61 Å². The molecule has 0 bridgehead atoms. The minimum absolute atomic E-state index is 0.128. The molecule has 0 unspecified atom stereocenters. The third kappa shape index (κ3) is 2.29. The van der Waals surface area contributed by atoms with Crippen molar-refractivity contribution in [3.8, 4) is 11.4 Å². The summed E-state index contributed by atoms with van der Waals surface area (Å²) in [6.45, 7) is 2.89. The molecule has 1 aliphatic rings. The SMILES string of the molecule is Cc1ccc(-c2nc3c(c(=O)[nH]2)COCC3)cc1Cl. The number of halogens is 1. The molecule has 2 aromatic rings. The lowest BCUT2D eigenvalue weighted by molar-refractivity contribution is 0.108. The van der Waals surface area contributed by atoms with Gasteiger partial charge in [-0.25, -0.2) is 4.98 Å². The lowest BCUT2D eigenvalue weighted by atomic mass is 10.1. The van der Waals surface area contributed by atoms with Gasteiger partial charge < -0.3 is 9.72 Å². The predicted molar refractivity (Wildman–Crippen MR) is 73.4 cm³/mol. The van der Waals surface area contributed by atoms with Crippen molar-refractivity contribution < 1.29 is 4.74 Å². The average molecular weight is 277 g/mol. The molecule has 1 aromatic heterocycles. The highest BCUT2D eigenvalue weighted by atomic mass is 35.5.